The molecule has 26 heavy (non-hydrogen) atoms. The van der Waals surface area contributed by atoms with Gasteiger partial charge in [0, 0.05) is 24.6 Å². The molecule has 0 aliphatic rings. The second-order valence-electron chi connectivity index (χ2n) is 5.99. The van der Waals surface area contributed by atoms with Crippen LogP contribution in [0.1, 0.15) is 18.9 Å². The third kappa shape index (κ3) is 3.88. The Kier molecular flexibility index (Phi) is 5.71. The van der Waals surface area contributed by atoms with Gasteiger partial charge in [-0.2, -0.15) is 10.4 Å². The number of nitrogens with zero attached hydrogens (tertiary/aromatic N) is 3. The van der Waals surface area contributed by atoms with Crippen LogP contribution in [0.5, 0.6) is 0 Å². The van der Waals surface area contributed by atoms with Gasteiger partial charge in [-0.05, 0) is 31.0 Å². The van der Waals surface area contributed by atoms with Crippen molar-refractivity contribution in [2.45, 2.75) is 24.6 Å². The highest BCUT2D eigenvalue weighted by atomic mass is 35.5. The molecule has 0 saturated carbocycles. The minimum Gasteiger partial charge on any atom is -0.289 e. The highest BCUT2D eigenvalue weighted by molar-refractivity contribution is 7.92. The highest BCUT2D eigenvalue weighted by Crippen LogP contribution is 2.26. The van der Waals surface area contributed by atoms with Gasteiger partial charge < -0.3 is 0 Å². The number of benzene rings is 1. The zero-order chi connectivity index (χ0) is 19.5. The predicted molar refractivity (Wildman–Crippen MR) is 95.2 cm³/mol. The van der Waals surface area contributed by atoms with Crippen LogP contribution < -0.4 is 5.48 Å². The molecule has 1 aromatic heterocycles. The summed E-state index contributed by atoms with van der Waals surface area (Å²) in [6, 6.07) is 6.94. The number of halogens is 1. The van der Waals surface area contributed by atoms with E-state index in [0.717, 1.165) is 17.4 Å². The van der Waals surface area contributed by atoms with Crippen LogP contribution in [-0.4, -0.2) is 40.3 Å². The van der Waals surface area contributed by atoms with Crippen molar-refractivity contribution in [2.75, 3.05) is 6.26 Å². The summed E-state index contributed by atoms with van der Waals surface area (Å²) in [6.45, 7) is 1.39. The number of nitriles is 1. The quantitative estimate of drug-likeness (QED) is 0.566. The molecule has 2 N–H and O–H groups in total. The highest BCUT2D eigenvalue weighted by Gasteiger charge is 2.43. The Balaban J connectivity index is 2.22. The maximum atomic E-state index is 12.0. The largest absolute Gasteiger partial charge is 0.289 e. The van der Waals surface area contributed by atoms with Crippen molar-refractivity contribution in [3.8, 4) is 17.2 Å². The van der Waals surface area contributed by atoms with Gasteiger partial charge in [0.25, 0.3) is 5.91 Å². The van der Waals surface area contributed by atoms with Gasteiger partial charge in [0.2, 0.25) is 0 Å². The van der Waals surface area contributed by atoms with Crippen molar-refractivity contribution < 1.29 is 18.4 Å². The lowest BCUT2D eigenvalue weighted by atomic mass is 10.1. The van der Waals surface area contributed by atoms with Crippen LogP contribution in [0.25, 0.3) is 11.1 Å². The molecule has 1 atom stereocenters. The first-order valence-corrected chi connectivity index (χ1v) is 9.76. The molecule has 0 bridgehead atoms. The number of aryl methyl sites for hydroxylation is 1. The van der Waals surface area contributed by atoms with Crippen molar-refractivity contribution >= 4 is 27.3 Å². The van der Waals surface area contributed by atoms with E-state index < -0.39 is 20.5 Å². The number of hydroxylamine groups is 1. The molecule has 138 valence electrons. The maximum absolute atomic E-state index is 12.0. The summed E-state index contributed by atoms with van der Waals surface area (Å²) >= 11 is 6.02. The molecule has 0 spiro atoms. The molecule has 2 aromatic rings. The van der Waals surface area contributed by atoms with Crippen molar-refractivity contribution in [3.05, 3.63) is 41.2 Å². The topological polar surface area (TPSA) is 125 Å². The Morgan fingerprint density at radius 2 is 2.15 bits per heavy atom. The monoisotopic (exact) mass is 396 g/mol. The van der Waals surface area contributed by atoms with Crippen LogP contribution in [-0.2, 0) is 21.2 Å². The molecule has 2 rings (SSSR count). The number of nitrogens with one attached hydrogen (secondary N) is 1. The van der Waals surface area contributed by atoms with Gasteiger partial charge in [-0.15, -0.1) is 0 Å². The molecule has 8 nitrogen and oxygen atoms in total. The van der Waals surface area contributed by atoms with E-state index in [4.69, 9.17) is 22.1 Å². The number of rotatable bonds is 6. The number of carbonyl (C=O) groups is 1. The van der Waals surface area contributed by atoms with Crippen molar-refractivity contribution in [1.29, 1.82) is 5.26 Å². The third-order valence-electron chi connectivity index (χ3n) is 4.27. The van der Waals surface area contributed by atoms with Gasteiger partial charge in [0.05, 0.1) is 16.8 Å². The molecular weight excluding hydrogens is 380 g/mol. The molecule has 0 fully saturated rings. The van der Waals surface area contributed by atoms with Crippen LogP contribution in [0.2, 0.25) is 5.02 Å². The lowest BCUT2D eigenvalue weighted by Gasteiger charge is -2.24. The van der Waals surface area contributed by atoms with E-state index in [1.807, 2.05) is 6.07 Å². The number of sulfone groups is 1. The normalized spacial score (nSPS) is 13.7. The lowest BCUT2D eigenvalue weighted by Crippen LogP contribution is -2.49. The SMILES string of the molecule is CC(CCn1cc(-c2ccc(C#N)c(Cl)c2)cn1)(C(=O)NO)S(C)(=O)=O. The summed E-state index contributed by atoms with van der Waals surface area (Å²) in [7, 11) is -3.77. The number of hydrogen-bond acceptors (Lipinski definition) is 6. The summed E-state index contributed by atoms with van der Waals surface area (Å²) in [5, 5.41) is 22.2. The van der Waals surface area contributed by atoms with E-state index in [9.17, 15) is 13.2 Å². The Bertz CT molecular complexity index is 980. The standard InChI is InChI=1S/C16H17ClN4O4S/c1-16(15(22)20-23,26(2,24)25)5-6-21-10-13(9-19-21)11-3-4-12(8-18)14(17)7-11/h3-4,7,9-10,23H,5-6H2,1-2H3,(H,20,22). The second-order valence-corrected chi connectivity index (χ2v) is 8.85. The third-order valence-corrected chi connectivity index (χ3v) is 6.61. The summed E-state index contributed by atoms with van der Waals surface area (Å²) in [4.78, 5) is 11.8. The Morgan fingerprint density at radius 3 is 2.69 bits per heavy atom. The zero-order valence-electron chi connectivity index (χ0n) is 14.1. The van der Waals surface area contributed by atoms with E-state index in [1.165, 1.54) is 17.1 Å². The Morgan fingerprint density at radius 1 is 1.46 bits per heavy atom. The summed E-state index contributed by atoms with van der Waals surface area (Å²) < 4.78 is 23.6. The predicted octanol–water partition coefficient (Wildman–Crippen LogP) is 1.77. The van der Waals surface area contributed by atoms with Crippen molar-refractivity contribution in [1.82, 2.24) is 15.3 Å². The van der Waals surface area contributed by atoms with E-state index in [2.05, 4.69) is 5.10 Å². The summed E-state index contributed by atoms with van der Waals surface area (Å²) in [5.41, 5.74) is 3.25. The van der Waals surface area contributed by atoms with Crippen LogP contribution in [0.4, 0.5) is 0 Å². The average molecular weight is 397 g/mol. The number of carbonyl (C=O) groups excluding carboxylic acids is 1. The number of aromatic nitrogens is 2. The molecule has 10 heteroatoms. The molecule has 1 amide bonds. The fourth-order valence-corrected chi connectivity index (χ4v) is 3.40. The molecule has 0 aliphatic heterocycles. The van der Waals surface area contributed by atoms with Gasteiger partial charge in [-0.1, -0.05) is 17.7 Å². The fourth-order valence-electron chi connectivity index (χ4n) is 2.33. The summed E-state index contributed by atoms with van der Waals surface area (Å²) in [5.74, 6) is -0.994. The van der Waals surface area contributed by atoms with Gasteiger partial charge in [0.1, 0.15) is 6.07 Å². The first-order chi connectivity index (χ1) is 12.1. The van der Waals surface area contributed by atoms with Crippen LogP contribution >= 0.6 is 11.6 Å². The second kappa shape index (κ2) is 7.45. The summed E-state index contributed by atoms with van der Waals surface area (Å²) in [6.07, 6.45) is 4.11. The zero-order valence-corrected chi connectivity index (χ0v) is 15.7. The molecule has 1 unspecified atom stereocenters. The minimum atomic E-state index is -3.77. The smallest absolute Gasteiger partial charge is 0.264 e. The van der Waals surface area contributed by atoms with E-state index in [-0.39, 0.29) is 13.0 Å². The van der Waals surface area contributed by atoms with Crippen LogP contribution in [0.3, 0.4) is 0 Å². The van der Waals surface area contributed by atoms with Crippen LogP contribution in [0, 0.1) is 11.3 Å². The molecular formula is C16H17ClN4O4S. The van der Waals surface area contributed by atoms with E-state index >= 15 is 0 Å². The fraction of sp³-hybridized carbons (Fsp3) is 0.312. The first kappa shape index (κ1) is 19.9. The number of amides is 1. The molecule has 0 saturated heterocycles. The van der Waals surface area contributed by atoms with E-state index in [1.54, 1.807) is 30.6 Å². The average Bonchev–Trinajstić information content (AvgIpc) is 3.06. The van der Waals surface area contributed by atoms with Crippen molar-refractivity contribution in [2.24, 2.45) is 0 Å². The van der Waals surface area contributed by atoms with Crippen LogP contribution in [0.15, 0.2) is 30.6 Å². The first-order valence-electron chi connectivity index (χ1n) is 7.49. The Labute approximate surface area is 155 Å². The lowest BCUT2D eigenvalue weighted by molar-refractivity contribution is -0.131. The Hall–Kier alpha value is -2.41. The van der Waals surface area contributed by atoms with E-state index in [0.29, 0.717) is 10.6 Å². The maximum Gasteiger partial charge on any atom is 0.264 e. The minimum absolute atomic E-state index is 0.0759. The van der Waals surface area contributed by atoms with Crippen molar-refractivity contribution in [3.63, 3.8) is 0 Å². The molecule has 0 radical (unpaired) electrons. The van der Waals surface area contributed by atoms with Gasteiger partial charge in [-0.25, -0.2) is 13.9 Å². The molecule has 1 aromatic carbocycles. The number of hydrogen-bond donors (Lipinski definition) is 2. The van der Waals surface area contributed by atoms with Gasteiger partial charge >= 0.3 is 0 Å². The van der Waals surface area contributed by atoms with Gasteiger partial charge in [-0.3, -0.25) is 14.7 Å². The molecule has 0 aliphatic carbocycles. The molecule has 1 heterocycles. The van der Waals surface area contributed by atoms with Gasteiger partial charge in [0.15, 0.2) is 14.6 Å².